The summed E-state index contributed by atoms with van der Waals surface area (Å²) in [5.41, 5.74) is -3.48. The van der Waals surface area contributed by atoms with Gasteiger partial charge in [0.25, 0.3) is 5.41 Å². The Kier molecular flexibility index (Phi) is 4.75. The van der Waals surface area contributed by atoms with Crippen molar-refractivity contribution in [2.24, 2.45) is 11.3 Å². The Labute approximate surface area is 117 Å². The topological polar surface area (TPSA) is 113 Å². The summed E-state index contributed by atoms with van der Waals surface area (Å²) in [4.78, 5) is 35.4. The Morgan fingerprint density at radius 1 is 1.05 bits per heavy atom. The average molecular weight is 287 g/mol. The number of carboxylic acids is 2. The van der Waals surface area contributed by atoms with E-state index >= 15 is 0 Å². The lowest BCUT2D eigenvalue weighted by Crippen LogP contribution is -2.56. The molecular formula is C13H21NO6. The summed E-state index contributed by atoms with van der Waals surface area (Å²) in [6.45, 7) is 5.68. The minimum atomic E-state index is -2.53. The molecule has 1 aliphatic heterocycles. The van der Waals surface area contributed by atoms with Crippen molar-refractivity contribution in [3.05, 3.63) is 0 Å². The fourth-order valence-electron chi connectivity index (χ4n) is 2.40. The van der Waals surface area contributed by atoms with Crippen molar-refractivity contribution in [1.29, 1.82) is 0 Å². The number of carbonyl (C=O) groups excluding carboxylic acids is 1. The van der Waals surface area contributed by atoms with Gasteiger partial charge in [-0.2, -0.15) is 0 Å². The highest BCUT2D eigenvalue weighted by atomic mass is 16.6. The maximum atomic E-state index is 12.3. The van der Waals surface area contributed by atoms with Gasteiger partial charge in [-0.25, -0.2) is 0 Å². The van der Waals surface area contributed by atoms with E-state index in [1.165, 1.54) is 0 Å². The summed E-state index contributed by atoms with van der Waals surface area (Å²) in [7, 11) is 0. The van der Waals surface area contributed by atoms with E-state index in [4.69, 9.17) is 4.74 Å². The third-order valence-electron chi connectivity index (χ3n) is 3.35. The first kappa shape index (κ1) is 16.4. The van der Waals surface area contributed by atoms with Crippen LogP contribution in [0.15, 0.2) is 0 Å². The van der Waals surface area contributed by atoms with Crippen molar-refractivity contribution in [2.75, 3.05) is 13.1 Å². The first-order valence-corrected chi connectivity index (χ1v) is 6.53. The van der Waals surface area contributed by atoms with E-state index in [0.717, 1.165) is 0 Å². The van der Waals surface area contributed by atoms with Crippen LogP contribution in [0.1, 0.15) is 33.6 Å². The molecule has 1 fully saturated rings. The Morgan fingerprint density at radius 2 is 1.50 bits per heavy atom. The molecule has 1 rings (SSSR count). The number of ether oxygens (including phenoxy) is 1. The first-order valence-electron chi connectivity index (χ1n) is 6.53. The molecular weight excluding hydrogens is 266 g/mol. The zero-order valence-corrected chi connectivity index (χ0v) is 11.9. The largest absolute Gasteiger partial charge is 0.480 e. The summed E-state index contributed by atoms with van der Waals surface area (Å²) in [5.74, 6) is -5.30. The second-order valence-corrected chi connectivity index (χ2v) is 5.94. The molecule has 0 radical (unpaired) electrons. The van der Waals surface area contributed by atoms with Crippen LogP contribution in [0, 0.1) is 11.3 Å². The molecule has 0 atom stereocenters. The third-order valence-corrected chi connectivity index (χ3v) is 3.35. The molecule has 0 aromatic carbocycles. The number of carbonyl (C=O) groups is 3. The van der Waals surface area contributed by atoms with Crippen LogP contribution in [-0.4, -0.2) is 46.8 Å². The van der Waals surface area contributed by atoms with Gasteiger partial charge in [-0.15, -0.1) is 0 Å². The first-order chi connectivity index (χ1) is 9.12. The second kappa shape index (κ2) is 5.78. The van der Waals surface area contributed by atoms with Gasteiger partial charge in [-0.05, 0) is 52.6 Å². The molecule has 3 N–H and O–H groups in total. The van der Waals surface area contributed by atoms with E-state index in [1.54, 1.807) is 20.8 Å². The zero-order valence-electron chi connectivity index (χ0n) is 11.9. The maximum Gasteiger partial charge on any atom is 0.335 e. The van der Waals surface area contributed by atoms with E-state index in [0.29, 0.717) is 25.9 Å². The number of piperidine rings is 1. The molecule has 0 saturated carbocycles. The minimum Gasteiger partial charge on any atom is -0.480 e. The van der Waals surface area contributed by atoms with Gasteiger partial charge in [0.15, 0.2) is 0 Å². The van der Waals surface area contributed by atoms with Gasteiger partial charge >= 0.3 is 17.9 Å². The molecule has 0 aromatic rings. The predicted molar refractivity (Wildman–Crippen MR) is 69.1 cm³/mol. The summed E-state index contributed by atoms with van der Waals surface area (Å²) < 4.78 is 5.06. The molecule has 20 heavy (non-hydrogen) atoms. The number of hydrogen-bond acceptors (Lipinski definition) is 5. The highest BCUT2D eigenvalue weighted by Crippen LogP contribution is 2.37. The lowest BCUT2D eigenvalue weighted by Gasteiger charge is -2.35. The second-order valence-electron chi connectivity index (χ2n) is 5.94. The Balaban J connectivity index is 3.21. The summed E-state index contributed by atoms with van der Waals surface area (Å²) in [6.07, 6.45) is 0.607. The minimum absolute atomic E-state index is 0.303. The number of rotatable bonds is 4. The van der Waals surface area contributed by atoms with Gasteiger partial charge in [0, 0.05) is 0 Å². The highest BCUT2D eigenvalue weighted by Gasteiger charge is 2.61. The summed E-state index contributed by atoms with van der Waals surface area (Å²) in [6, 6.07) is 0. The van der Waals surface area contributed by atoms with E-state index in [-0.39, 0.29) is 0 Å². The van der Waals surface area contributed by atoms with Crippen LogP contribution in [0.2, 0.25) is 0 Å². The Hall–Kier alpha value is -1.63. The van der Waals surface area contributed by atoms with Crippen LogP contribution < -0.4 is 5.32 Å². The van der Waals surface area contributed by atoms with Crippen molar-refractivity contribution in [3.63, 3.8) is 0 Å². The van der Waals surface area contributed by atoms with Crippen molar-refractivity contribution in [2.45, 2.75) is 39.2 Å². The molecule has 7 heteroatoms. The molecule has 0 aliphatic carbocycles. The van der Waals surface area contributed by atoms with Gasteiger partial charge in [-0.3, -0.25) is 14.4 Å². The molecule has 0 aromatic heterocycles. The van der Waals surface area contributed by atoms with Gasteiger partial charge in [0.2, 0.25) is 0 Å². The molecule has 0 bridgehead atoms. The Bertz CT molecular complexity index is 392. The van der Waals surface area contributed by atoms with Gasteiger partial charge < -0.3 is 20.3 Å². The van der Waals surface area contributed by atoms with Crippen molar-refractivity contribution in [1.82, 2.24) is 5.32 Å². The number of carboxylic acid groups (broad SMARTS) is 2. The Morgan fingerprint density at radius 3 is 1.85 bits per heavy atom. The van der Waals surface area contributed by atoms with Gasteiger partial charge in [0.05, 0.1) is 0 Å². The zero-order chi connectivity index (χ0) is 15.6. The predicted octanol–water partition coefficient (Wildman–Crippen LogP) is 0.483. The summed E-state index contributed by atoms with van der Waals surface area (Å²) >= 11 is 0. The number of aliphatic carboxylic acids is 2. The molecule has 1 heterocycles. The lowest BCUT2D eigenvalue weighted by atomic mass is 9.70. The number of nitrogens with one attached hydrogen (secondary N) is 1. The smallest absolute Gasteiger partial charge is 0.335 e. The molecule has 114 valence electrons. The van der Waals surface area contributed by atoms with Crippen LogP contribution >= 0.6 is 0 Å². The van der Waals surface area contributed by atoms with E-state index in [9.17, 15) is 24.6 Å². The van der Waals surface area contributed by atoms with Crippen LogP contribution in [0.3, 0.4) is 0 Å². The standard InChI is InChI=1S/C13H21NO6/c1-12(2,3)20-11(19)13(9(15)16,10(17)18)8-4-6-14-7-5-8/h8,14H,4-7H2,1-3H3,(H,15,16)(H,17,18). The SMILES string of the molecule is CC(C)(C)OC(=O)C(C(=O)O)(C(=O)O)C1CCNCC1. The van der Waals surface area contributed by atoms with Gasteiger partial charge in [-0.1, -0.05) is 0 Å². The van der Waals surface area contributed by atoms with E-state index in [2.05, 4.69) is 5.32 Å². The molecule has 1 aliphatic rings. The highest BCUT2D eigenvalue weighted by molar-refractivity contribution is 6.17. The monoisotopic (exact) mass is 287 g/mol. The van der Waals surface area contributed by atoms with Crippen molar-refractivity contribution in [3.8, 4) is 0 Å². The molecule has 0 amide bonds. The van der Waals surface area contributed by atoms with Gasteiger partial charge in [0.1, 0.15) is 5.60 Å². The van der Waals surface area contributed by atoms with Crippen LogP contribution in [0.25, 0.3) is 0 Å². The quantitative estimate of drug-likeness (QED) is 0.509. The molecule has 7 nitrogen and oxygen atoms in total. The lowest BCUT2D eigenvalue weighted by molar-refractivity contribution is -0.190. The van der Waals surface area contributed by atoms with Crippen LogP contribution in [-0.2, 0) is 19.1 Å². The fourth-order valence-corrected chi connectivity index (χ4v) is 2.40. The average Bonchev–Trinajstić information content (AvgIpc) is 2.27. The van der Waals surface area contributed by atoms with Crippen LogP contribution in [0.4, 0.5) is 0 Å². The normalized spacial score (nSPS) is 17.6. The van der Waals surface area contributed by atoms with Crippen molar-refractivity contribution >= 4 is 17.9 Å². The fraction of sp³-hybridized carbons (Fsp3) is 0.769. The molecule has 0 spiro atoms. The molecule has 0 unspecified atom stereocenters. The third kappa shape index (κ3) is 3.09. The number of hydrogen-bond donors (Lipinski definition) is 3. The maximum absolute atomic E-state index is 12.3. The summed E-state index contributed by atoms with van der Waals surface area (Å²) in [5, 5.41) is 21.8. The van der Waals surface area contributed by atoms with E-state index < -0.39 is 34.8 Å². The molecule has 1 saturated heterocycles. The van der Waals surface area contributed by atoms with E-state index in [1.807, 2.05) is 0 Å². The van der Waals surface area contributed by atoms with Crippen LogP contribution in [0.5, 0.6) is 0 Å². The number of esters is 1. The van der Waals surface area contributed by atoms with Crippen molar-refractivity contribution < 1.29 is 29.3 Å².